The molecule has 1 aliphatic heterocycles. The zero-order valence-electron chi connectivity index (χ0n) is 11.8. The van der Waals surface area contributed by atoms with Gasteiger partial charge in [0.25, 0.3) is 0 Å². The summed E-state index contributed by atoms with van der Waals surface area (Å²) in [6, 6.07) is 0.505. The molecule has 18 heavy (non-hydrogen) atoms. The van der Waals surface area contributed by atoms with Crippen LogP contribution in [0.1, 0.15) is 57.8 Å². The highest BCUT2D eigenvalue weighted by atomic mass is 15.1. The topological polar surface area (TPSA) is 29.3 Å². The molecule has 2 aliphatic carbocycles. The van der Waals surface area contributed by atoms with E-state index in [1.165, 1.54) is 77.4 Å². The average Bonchev–Trinajstić information content (AvgIpc) is 2.41. The van der Waals surface area contributed by atoms with Gasteiger partial charge in [-0.1, -0.05) is 19.3 Å². The SMILES string of the molecule is NC1CCC(CN2CCC3CCCCC3C2)CC1. The quantitative estimate of drug-likeness (QED) is 0.816. The van der Waals surface area contributed by atoms with Gasteiger partial charge in [-0.3, -0.25) is 0 Å². The van der Waals surface area contributed by atoms with Crippen molar-refractivity contribution in [3.05, 3.63) is 0 Å². The zero-order chi connectivity index (χ0) is 12.4. The Morgan fingerprint density at radius 1 is 0.833 bits per heavy atom. The molecule has 1 saturated heterocycles. The summed E-state index contributed by atoms with van der Waals surface area (Å²) in [7, 11) is 0. The Morgan fingerprint density at radius 2 is 1.56 bits per heavy atom. The van der Waals surface area contributed by atoms with Crippen molar-refractivity contribution in [1.29, 1.82) is 0 Å². The van der Waals surface area contributed by atoms with E-state index >= 15 is 0 Å². The fourth-order valence-corrected chi connectivity index (χ4v) is 4.58. The van der Waals surface area contributed by atoms with E-state index in [4.69, 9.17) is 5.73 Å². The van der Waals surface area contributed by atoms with Crippen LogP contribution < -0.4 is 5.73 Å². The van der Waals surface area contributed by atoms with E-state index in [2.05, 4.69) is 4.90 Å². The van der Waals surface area contributed by atoms with Gasteiger partial charge in [0.1, 0.15) is 0 Å². The maximum absolute atomic E-state index is 6.00. The molecule has 0 spiro atoms. The van der Waals surface area contributed by atoms with Crippen molar-refractivity contribution in [2.75, 3.05) is 19.6 Å². The summed E-state index contributed by atoms with van der Waals surface area (Å²) in [5.41, 5.74) is 6.00. The third kappa shape index (κ3) is 3.08. The minimum atomic E-state index is 0.505. The van der Waals surface area contributed by atoms with E-state index in [0.717, 1.165) is 17.8 Å². The number of hydrogen-bond acceptors (Lipinski definition) is 2. The summed E-state index contributed by atoms with van der Waals surface area (Å²) >= 11 is 0. The lowest BCUT2D eigenvalue weighted by atomic mass is 9.75. The van der Waals surface area contributed by atoms with Crippen LogP contribution in [0.4, 0.5) is 0 Å². The van der Waals surface area contributed by atoms with E-state index < -0.39 is 0 Å². The molecule has 3 fully saturated rings. The Labute approximate surface area is 112 Å². The van der Waals surface area contributed by atoms with E-state index in [1.807, 2.05) is 0 Å². The van der Waals surface area contributed by atoms with Gasteiger partial charge in [-0.25, -0.2) is 0 Å². The van der Waals surface area contributed by atoms with Crippen LogP contribution >= 0.6 is 0 Å². The summed E-state index contributed by atoms with van der Waals surface area (Å²) in [6.07, 6.45) is 12.8. The standard InChI is InChI=1S/C16H30N2/c17-16-7-5-13(6-8-16)11-18-10-9-14-3-1-2-4-15(14)12-18/h13-16H,1-12,17H2. The van der Waals surface area contributed by atoms with Crippen molar-refractivity contribution in [3.8, 4) is 0 Å². The summed E-state index contributed by atoms with van der Waals surface area (Å²) in [5.74, 6) is 3.07. The fourth-order valence-electron chi connectivity index (χ4n) is 4.58. The van der Waals surface area contributed by atoms with Crippen molar-refractivity contribution in [3.63, 3.8) is 0 Å². The molecule has 104 valence electrons. The second kappa shape index (κ2) is 5.92. The van der Waals surface area contributed by atoms with Gasteiger partial charge in [0, 0.05) is 19.1 Å². The lowest BCUT2D eigenvalue weighted by Gasteiger charge is -2.43. The first-order valence-corrected chi connectivity index (χ1v) is 8.29. The highest BCUT2D eigenvalue weighted by Crippen LogP contribution is 2.36. The molecule has 0 aromatic rings. The summed E-state index contributed by atoms with van der Waals surface area (Å²) < 4.78 is 0. The molecule has 2 atom stereocenters. The third-order valence-electron chi connectivity index (χ3n) is 5.78. The van der Waals surface area contributed by atoms with Crippen molar-refractivity contribution in [2.24, 2.45) is 23.5 Å². The summed E-state index contributed by atoms with van der Waals surface area (Å²) in [5, 5.41) is 0. The highest BCUT2D eigenvalue weighted by Gasteiger charge is 2.32. The van der Waals surface area contributed by atoms with Crippen molar-refractivity contribution in [2.45, 2.75) is 63.8 Å². The second-order valence-corrected chi connectivity index (χ2v) is 7.13. The van der Waals surface area contributed by atoms with Gasteiger partial charge in [-0.15, -0.1) is 0 Å². The second-order valence-electron chi connectivity index (χ2n) is 7.13. The van der Waals surface area contributed by atoms with E-state index in [1.54, 1.807) is 0 Å². The third-order valence-corrected chi connectivity index (χ3v) is 5.78. The van der Waals surface area contributed by atoms with Crippen molar-refractivity contribution in [1.82, 2.24) is 4.90 Å². The largest absolute Gasteiger partial charge is 0.328 e. The number of nitrogens with two attached hydrogens (primary N) is 1. The lowest BCUT2D eigenvalue weighted by Crippen LogP contribution is -2.44. The Balaban J connectivity index is 1.46. The molecule has 2 nitrogen and oxygen atoms in total. The smallest absolute Gasteiger partial charge is 0.00390 e. The normalized spacial score (nSPS) is 42.5. The monoisotopic (exact) mass is 250 g/mol. The Kier molecular flexibility index (Phi) is 4.25. The molecule has 3 rings (SSSR count). The van der Waals surface area contributed by atoms with Crippen LogP contribution in [0.25, 0.3) is 0 Å². The molecule has 0 aromatic heterocycles. The van der Waals surface area contributed by atoms with Crippen LogP contribution in [0.3, 0.4) is 0 Å². The molecule has 1 heterocycles. The van der Waals surface area contributed by atoms with Crippen LogP contribution in [0.15, 0.2) is 0 Å². The minimum Gasteiger partial charge on any atom is -0.328 e. The van der Waals surface area contributed by atoms with Crippen LogP contribution in [0, 0.1) is 17.8 Å². The highest BCUT2D eigenvalue weighted by molar-refractivity contribution is 4.85. The predicted octanol–water partition coefficient (Wildman–Crippen LogP) is 3.02. The van der Waals surface area contributed by atoms with Gasteiger partial charge in [-0.2, -0.15) is 0 Å². The molecule has 0 aromatic carbocycles. The van der Waals surface area contributed by atoms with Crippen LogP contribution in [0.5, 0.6) is 0 Å². The first kappa shape index (κ1) is 12.9. The number of rotatable bonds is 2. The first-order chi connectivity index (χ1) is 8.81. The van der Waals surface area contributed by atoms with Crippen LogP contribution in [-0.4, -0.2) is 30.6 Å². The molecule has 3 aliphatic rings. The molecule has 0 amide bonds. The summed E-state index contributed by atoms with van der Waals surface area (Å²) in [4.78, 5) is 2.79. The molecule has 2 heteroatoms. The van der Waals surface area contributed by atoms with Crippen LogP contribution in [-0.2, 0) is 0 Å². The van der Waals surface area contributed by atoms with Gasteiger partial charge in [0.15, 0.2) is 0 Å². The maximum atomic E-state index is 6.00. The lowest BCUT2D eigenvalue weighted by molar-refractivity contribution is 0.0696. The molecular formula is C16H30N2. The van der Waals surface area contributed by atoms with Gasteiger partial charge in [-0.05, 0) is 62.8 Å². The van der Waals surface area contributed by atoms with Crippen LogP contribution in [0.2, 0.25) is 0 Å². The van der Waals surface area contributed by atoms with E-state index in [-0.39, 0.29) is 0 Å². The number of likely N-dealkylation sites (tertiary alicyclic amines) is 1. The van der Waals surface area contributed by atoms with Crippen molar-refractivity contribution >= 4 is 0 Å². The number of fused-ring (bicyclic) bond motifs is 1. The molecule has 0 bridgehead atoms. The predicted molar refractivity (Wildman–Crippen MR) is 76.4 cm³/mol. The zero-order valence-corrected chi connectivity index (χ0v) is 11.8. The van der Waals surface area contributed by atoms with Gasteiger partial charge >= 0.3 is 0 Å². The van der Waals surface area contributed by atoms with E-state index in [9.17, 15) is 0 Å². The number of hydrogen-bond donors (Lipinski definition) is 1. The van der Waals surface area contributed by atoms with Gasteiger partial charge in [0.05, 0.1) is 0 Å². The minimum absolute atomic E-state index is 0.505. The van der Waals surface area contributed by atoms with E-state index in [0.29, 0.717) is 6.04 Å². The average molecular weight is 250 g/mol. The fraction of sp³-hybridized carbons (Fsp3) is 1.00. The Morgan fingerprint density at radius 3 is 2.33 bits per heavy atom. The molecule has 2 saturated carbocycles. The number of piperidine rings is 1. The molecular weight excluding hydrogens is 220 g/mol. The maximum Gasteiger partial charge on any atom is 0.00390 e. The first-order valence-electron chi connectivity index (χ1n) is 8.29. The number of nitrogens with zero attached hydrogens (tertiary/aromatic N) is 1. The molecule has 0 radical (unpaired) electrons. The Bertz CT molecular complexity index is 258. The van der Waals surface area contributed by atoms with Gasteiger partial charge < -0.3 is 10.6 Å². The molecule has 2 unspecified atom stereocenters. The molecule has 2 N–H and O–H groups in total. The van der Waals surface area contributed by atoms with Gasteiger partial charge in [0.2, 0.25) is 0 Å². The Hall–Kier alpha value is -0.0800. The van der Waals surface area contributed by atoms with Crippen molar-refractivity contribution < 1.29 is 0 Å². The summed E-state index contributed by atoms with van der Waals surface area (Å²) in [6.45, 7) is 4.16.